The van der Waals surface area contributed by atoms with Crippen LogP contribution in [0.1, 0.15) is 19.0 Å². The molecule has 0 radical (unpaired) electrons. The quantitative estimate of drug-likeness (QED) is 0.849. The van der Waals surface area contributed by atoms with Gasteiger partial charge in [-0.25, -0.2) is 4.79 Å². The van der Waals surface area contributed by atoms with Gasteiger partial charge in [0.1, 0.15) is 0 Å². The van der Waals surface area contributed by atoms with Gasteiger partial charge in [-0.05, 0) is 24.5 Å². The normalized spacial score (nSPS) is 22.3. The molecule has 1 aromatic heterocycles. The molecule has 2 heterocycles. The van der Waals surface area contributed by atoms with Crippen LogP contribution in [0.15, 0.2) is 24.4 Å². The van der Waals surface area contributed by atoms with Gasteiger partial charge in [0.15, 0.2) is 0 Å². The summed E-state index contributed by atoms with van der Waals surface area (Å²) in [6.07, 6.45) is 2.76. The van der Waals surface area contributed by atoms with Crippen molar-refractivity contribution in [2.24, 2.45) is 5.92 Å². The average Bonchev–Trinajstić information content (AvgIpc) is 2.51. The number of likely N-dealkylation sites (N-methyl/N-ethyl adjacent to an activating group) is 1. The first kappa shape index (κ1) is 16.7. The fourth-order valence-electron chi connectivity index (χ4n) is 2.83. The van der Waals surface area contributed by atoms with Gasteiger partial charge in [0.25, 0.3) is 0 Å². The third kappa shape index (κ3) is 4.68. The average molecular weight is 306 g/mol. The van der Waals surface area contributed by atoms with E-state index in [1.807, 2.05) is 24.4 Å². The number of aliphatic hydroxyl groups is 1. The molecule has 1 aromatic rings. The fourth-order valence-corrected chi connectivity index (χ4v) is 2.83. The van der Waals surface area contributed by atoms with Gasteiger partial charge in [-0.2, -0.15) is 0 Å². The number of nitrogens with one attached hydrogen (secondary N) is 1. The zero-order valence-corrected chi connectivity index (χ0v) is 13.4. The first-order valence-electron chi connectivity index (χ1n) is 7.85. The number of nitrogens with zero attached hydrogens (tertiary/aromatic N) is 3. The predicted octanol–water partition coefficient (Wildman–Crippen LogP) is 0.926. The van der Waals surface area contributed by atoms with E-state index in [2.05, 4.69) is 22.1 Å². The molecule has 6 heteroatoms. The van der Waals surface area contributed by atoms with E-state index in [0.717, 1.165) is 31.7 Å². The minimum Gasteiger partial charge on any atom is -0.395 e. The zero-order valence-electron chi connectivity index (χ0n) is 13.4. The molecule has 0 aliphatic carbocycles. The summed E-state index contributed by atoms with van der Waals surface area (Å²) in [5.41, 5.74) is 1.08. The van der Waals surface area contributed by atoms with Crippen LogP contribution >= 0.6 is 0 Å². The largest absolute Gasteiger partial charge is 0.395 e. The number of rotatable bonds is 5. The van der Waals surface area contributed by atoms with Crippen molar-refractivity contribution < 1.29 is 9.90 Å². The molecule has 2 N–H and O–H groups in total. The summed E-state index contributed by atoms with van der Waals surface area (Å²) in [7, 11) is 1.70. The molecular formula is C16H26N4O2. The molecule has 2 rings (SSSR count). The van der Waals surface area contributed by atoms with Crippen molar-refractivity contribution in [2.75, 3.05) is 33.3 Å². The van der Waals surface area contributed by atoms with Crippen LogP contribution in [0, 0.1) is 5.92 Å². The second-order valence-corrected chi connectivity index (χ2v) is 6.02. The van der Waals surface area contributed by atoms with E-state index in [4.69, 9.17) is 5.11 Å². The van der Waals surface area contributed by atoms with Crippen molar-refractivity contribution in [3.05, 3.63) is 30.1 Å². The summed E-state index contributed by atoms with van der Waals surface area (Å²) >= 11 is 0. The number of carbonyl (C=O) groups excluding carboxylic acids is 1. The zero-order chi connectivity index (χ0) is 15.9. The Kier molecular flexibility index (Phi) is 6.15. The molecule has 1 aliphatic heterocycles. The number of aliphatic hydroxyl groups excluding tert-OH is 1. The van der Waals surface area contributed by atoms with Gasteiger partial charge in [0.05, 0.1) is 12.3 Å². The van der Waals surface area contributed by atoms with Gasteiger partial charge in [-0.3, -0.25) is 9.88 Å². The summed E-state index contributed by atoms with van der Waals surface area (Å²) in [6, 6.07) is 6.06. The molecule has 2 unspecified atom stereocenters. The Hall–Kier alpha value is -1.66. The first-order chi connectivity index (χ1) is 10.6. The third-order valence-corrected chi connectivity index (χ3v) is 4.19. The lowest BCUT2D eigenvalue weighted by Gasteiger charge is -2.37. The number of hydrogen-bond acceptors (Lipinski definition) is 4. The molecule has 0 spiro atoms. The van der Waals surface area contributed by atoms with Crippen molar-refractivity contribution in [1.29, 1.82) is 0 Å². The standard InChI is InChI=1S/C16H26N4O2/c1-13-11-20(12-14-5-3-4-7-17-14)8-6-15(13)18-16(22)19(2)9-10-21/h3-5,7,13,15,21H,6,8-12H2,1-2H3,(H,18,22). The van der Waals surface area contributed by atoms with E-state index in [1.165, 1.54) is 4.90 Å². The Balaban J connectivity index is 1.81. The van der Waals surface area contributed by atoms with E-state index in [1.54, 1.807) is 7.05 Å². The van der Waals surface area contributed by atoms with E-state index < -0.39 is 0 Å². The molecule has 0 bridgehead atoms. The summed E-state index contributed by atoms with van der Waals surface area (Å²) in [6.45, 7) is 5.28. The summed E-state index contributed by atoms with van der Waals surface area (Å²) in [4.78, 5) is 20.3. The van der Waals surface area contributed by atoms with E-state index in [9.17, 15) is 4.79 Å². The van der Waals surface area contributed by atoms with Crippen LogP contribution in [0.5, 0.6) is 0 Å². The van der Waals surface area contributed by atoms with Crippen LogP contribution in [0.4, 0.5) is 4.79 Å². The Morgan fingerprint density at radius 3 is 3.00 bits per heavy atom. The highest BCUT2D eigenvalue weighted by Gasteiger charge is 2.28. The lowest BCUT2D eigenvalue weighted by atomic mass is 9.94. The van der Waals surface area contributed by atoms with Gasteiger partial charge in [-0.1, -0.05) is 13.0 Å². The van der Waals surface area contributed by atoms with Crippen LogP contribution in [0.2, 0.25) is 0 Å². The van der Waals surface area contributed by atoms with Crippen molar-refractivity contribution in [3.63, 3.8) is 0 Å². The van der Waals surface area contributed by atoms with Crippen LogP contribution in [-0.4, -0.2) is 65.3 Å². The van der Waals surface area contributed by atoms with E-state index in [0.29, 0.717) is 12.5 Å². The van der Waals surface area contributed by atoms with E-state index in [-0.39, 0.29) is 18.7 Å². The van der Waals surface area contributed by atoms with Crippen molar-refractivity contribution in [2.45, 2.75) is 25.9 Å². The van der Waals surface area contributed by atoms with Crippen LogP contribution in [0.3, 0.4) is 0 Å². The van der Waals surface area contributed by atoms with Crippen molar-refractivity contribution >= 4 is 6.03 Å². The highest BCUT2D eigenvalue weighted by atomic mass is 16.3. The maximum absolute atomic E-state index is 12.0. The number of urea groups is 1. The number of hydrogen-bond donors (Lipinski definition) is 2. The number of amides is 2. The molecule has 22 heavy (non-hydrogen) atoms. The second kappa shape index (κ2) is 8.10. The smallest absolute Gasteiger partial charge is 0.317 e. The van der Waals surface area contributed by atoms with Crippen LogP contribution in [0.25, 0.3) is 0 Å². The maximum atomic E-state index is 12.0. The topological polar surface area (TPSA) is 68.7 Å². The highest BCUT2D eigenvalue weighted by Crippen LogP contribution is 2.18. The molecule has 1 aliphatic rings. The van der Waals surface area contributed by atoms with Crippen molar-refractivity contribution in [1.82, 2.24) is 20.1 Å². The molecule has 1 saturated heterocycles. The van der Waals surface area contributed by atoms with Gasteiger partial charge in [-0.15, -0.1) is 0 Å². The lowest BCUT2D eigenvalue weighted by Crippen LogP contribution is -2.52. The van der Waals surface area contributed by atoms with Gasteiger partial charge >= 0.3 is 6.03 Å². The minimum atomic E-state index is -0.107. The highest BCUT2D eigenvalue weighted by molar-refractivity contribution is 5.74. The Morgan fingerprint density at radius 2 is 2.36 bits per heavy atom. The monoisotopic (exact) mass is 306 g/mol. The molecule has 1 fully saturated rings. The summed E-state index contributed by atoms with van der Waals surface area (Å²) in [5, 5.41) is 12.0. The third-order valence-electron chi connectivity index (χ3n) is 4.19. The Morgan fingerprint density at radius 1 is 1.55 bits per heavy atom. The van der Waals surface area contributed by atoms with Crippen LogP contribution < -0.4 is 5.32 Å². The number of pyridine rings is 1. The SMILES string of the molecule is CC1CN(Cc2ccccn2)CCC1NC(=O)N(C)CCO. The second-order valence-electron chi connectivity index (χ2n) is 6.02. The molecule has 0 aromatic carbocycles. The van der Waals surface area contributed by atoms with E-state index >= 15 is 0 Å². The van der Waals surface area contributed by atoms with Crippen molar-refractivity contribution in [3.8, 4) is 0 Å². The predicted molar refractivity (Wildman–Crippen MR) is 85.3 cm³/mol. The van der Waals surface area contributed by atoms with Gasteiger partial charge in [0, 0.05) is 45.5 Å². The minimum absolute atomic E-state index is 0.0119. The molecule has 2 amide bonds. The molecule has 6 nitrogen and oxygen atoms in total. The summed E-state index contributed by atoms with van der Waals surface area (Å²) in [5.74, 6) is 0.393. The number of piperidine rings is 1. The Labute approximate surface area is 132 Å². The molecular weight excluding hydrogens is 280 g/mol. The van der Waals surface area contributed by atoms with Gasteiger partial charge < -0.3 is 15.3 Å². The number of carbonyl (C=O) groups is 1. The number of likely N-dealkylation sites (tertiary alicyclic amines) is 1. The van der Waals surface area contributed by atoms with Gasteiger partial charge in [0.2, 0.25) is 0 Å². The first-order valence-corrected chi connectivity index (χ1v) is 7.85. The van der Waals surface area contributed by atoms with Crippen LogP contribution in [-0.2, 0) is 6.54 Å². The molecule has 122 valence electrons. The molecule has 2 atom stereocenters. The lowest BCUT2D eigenvalue weighted by molar-refractivity contribution is 0.133. The maximum Gasteiger partial charge on any atom is 0.317 e. The number of aromatic nitrogens is 1. The molecule has 0 saturated carbocycles. The fraction of sp³-hybridized carbons (Fsp3) is 0.625. The Bertz CT molecular complexity index is 468. The summed E-state index contributed by atoms with van der Waals surface area (Å²) < 4.78 is 0.